The maximum absolute atomic E-state index is 13.1. The summed E-state index contributed by atoms with van der Waals surface area (Å²) in [6, 6.07) is 17.7. The van der Waals surface area contributed by atoms with Crippen molar-refractivity contribution < 1.29 is 17.5 Å². The molecule has 1 amide bonds. The Morgan fingerprint density at radius 3 is 2.31 bits per heavy atom. The van der Waals surface area contributed by atoms with E-state index in [0.717, 1.165) is 13.1 Å². The Labute approximate surface area is 182 Å². The van der Waals surface area contributed by atoms with Gasteiger partial charge in [-0.2, -0.15) is 0 Å². The van der Waals surface area contributed by atoms with E-state index >= 15 is 0 Å². The molecule has 1 saturated heterocycles. The van der Waals surface area contributed by atoms with Crippen LogP contribution in [0.4, 0.5) is 0 Å². The van der Waals surface area contributed by atoms with Gasteiger partial charge < -0.3 is 0 Å². The summed E-state index contributed by atoms with van der Waals surface area (Å²) in [5, 5.41) is 0. The zero-order valence-corrected chi connectivity index (χ0v) is 21.1. The minimum atomic E-state index is -4.47. The first-order valence-electron chi connectivity index (χ1n) is 10.3. The number of benzene rings is 2. The Hall–Kier alpha value is -1.04. The van der Waals surface area contributed by atoms with Gasteiger partial charge in [-0.15, -0.1) is 0 Å². The number of halogens is 2. The van der Waals surface area contributed by atoms with E-state index in [4.69, 9.17) is 18.6 Å². The Morgan fingerprint density at radius 1 is 1.03 bits per heavy atom. The van der Waals surface area contributed by atoms with Crippen molar-refractivity contribution in [1.82, 2.24) is 8.70 Å². The summed E-state index contributed by atoms with van der Waals surface area (Å²) in [5.41, 5.74) is 4.24. The summed E-state index contributed by atoms with van der Waals surface area (Å²) in [6.07, 6.45) is 4.69. The summed E-state index contributed by atoms with van der Waals surface area (Å²) in [5.74, 6) is -0.158. The van der Waals surface area contributed by atoms with Crippen molar-refractivity contribution in [2.45, 2.75) is 30.2 Å². The standard InChI is InChI=1S/C13H14N.C7H7NO.C2H7Si.2ClH.Ti/c1-2-6-12-11(5-1)7-8-13(12)14-9-3-4-10-14;8-7(9)6-4-2-1-3-5-6;1-3-2;;;/h1-2,5-8H,3-4,9-10H2;1-5H,(H2,8,9);3H,1-2H3;2*1H;/q;;;;;+3/p-3. The van der Waals surface area contributed by atoms with E-state index in [1.165, 1.54) is 29.7 Å². The summed E-state index contributed by atoms with van der Waals surface area (Å²) in [6.45, 7) is 4.84. The quantitative estimate of drug-likeness (QED) is 0.571. The maximum atomic E-state index is 13.1. The van der Waals surface area contributed by atoms with Crippen LogP contribution in [0.5, 0.6) is 0 Å². The van der Waals surface area contributed by atoms with Gasteiger partial charge in [0.15, 0.2) is 0 Å². The Balaban J connectivity index is 1.78. The van der Waals surface area contributed by atoms with Crippen molar-refractivity contribution in [3.8, 4) is 0 Å². The van der Waals surface area contributed by atoms with Crippen molar-refractivity contribution in [1.29, 1.82) is 0 Å². The van der Waals surface area contributed by atoms with Crippen molar-refractivity contribution in [2.75, 3.05) is 13.1 Å². The van der Waals surface area contributed by atoms with Crippen molar-refractivity contribution in [3.63, 3.8) is 0 Å². The van der Waals surface area contributed by atoms with E-state index in [-0.39, 0.29) is 10.1 Å². The fraction of sp³-hybridized carbons (Fsp3) is 0.318. The number of allylic oxidation sites excluding steroid dienone is 1. The molecule has 29 heavy (non-hydrogen) atoms. The monoisotopic (exact) mass is 481 g/mol. The Morgan fingerprint density at radius 2 is 1.66 bits per heavy atom. The van der Waals surface area contributed by atoms with E-state index in [2.05, 4.69) is 46.1 Å². The van der Waals surface area contributed by atoms with Crippen molar-refractivity contribution >= 4 is 36.9 Å². The molecule has 2 aliphatic rings. The number of carbonyl (C=O) groups excluding carboxylic acids is 1. The Kier molecular flexibility index (Phi) is 5.78. The first-order valence-corrected chi connectivity index (χ1v) is 21.9. The van der Waals surface area contributed by atoms with Gasteiger partial charge in [0.05, 0.1) is 0 Å². The molecule has 1 N–H and O–H groups in total. The van der Waals surface area contributed by atoms with Crippen LogP contribution in [0.3, 0.4) is 0 Å². The Bertz CT molecular complexity index is 958. The van der Waals surface area contributed by atoms with Gasteiger partial charge in [-0.25, -0.2) is 0 Å². The number of hydrogen-bond donors (Lipinski definition) is 1. The van der Waals surface area contributed by atoms with Gasteiger partial charge in [0.1, 0.15) is 0 Å². The van der Waals surface area contributed by atoms with Crippen LogP contribution in [0.25, 0.3) is 5.70 Å². The predicted octanol–water partition coefficient (Wildman–Crippen LogP) is 5.50. The fourth-order valence-electron chi connectivity index (χ4n) is 4.47. The van der Waals surface area contributed by atoms with E-state index < -0.39 is 19.4 Å². The number of carbonyl (C=O) groups is 1. The molecule has 1 atom stereocenters. The predicted molar refractivity (Wildman–Crippen MR) is 122 cm³/mol. The fourth-order valence-corrected chi connectivity index (χ4v) is 17.2. The van der Waals surface area contributed by atoms with Crippen LogP contribution in [0.15, 0.2) is 60.7 Å². The van der Waals surface area contributed by atoms with E-state index in [0.29, 0.717) is 5.56 Å². The van der Waals surface area contributed by atoms with Crippen LogP contribution < -0.4 is 3.80 Å². The molecule has 1 unspecified atom stereocenters. The van der Waals surface area contributed by atoms with Gasteiger partial charge in [0, 0.05) is 0 Å². The molecule has 7 heteroatoms. The first kappa shape index (κ1) is 21.2. The van der Waals surface area contributed by atoms with Crippen LogP contribution in [0.1, 0.15) is 38.5 Å². The van der Waals surface area contributed by atoms with Crippen LogP contribution in [0.2, 0.25) is 13.1 Å². The molecule has 0 spiro atoms. The third kappa shape index (κ3) is 3.75. The second-order valence-corrected chi connectivity index (χ2v) is 36.6. The molecule has 2 aromatic rings. The molecule has 0 bridgehead atoms. The van der Waals surface area contributed by atoms with Gasteiger partial charge in [-0.05, 0) is 0 Å². The molecule has 3 nitrogen and oxygen atoms in total. The number of amides is 1. The molecule has 1 fully saturated rings. The summed E-state index contributed by atoms with van der Waals surface area (Å²) < 4.78 is 3.15. The number of likely N-dealkylation sites (tertiary alicyclic amines) is 1. The number of rotatable bonds is 5. The molecule has 1 heterocycles. The third-order valence-electron chi connectivity index (χ3n) is 6.36. The van der Waals surface area contributed by atoms with Gasteiger partial charge in [-0.1, -0.05) is 0 Å². The molecular formula is C22H27Cl2N2OSiTi. The number of nitrogens with one attached hydrogen (secondary N) is 1. The van der Waals surface area contributed by atoms with Gasteiger partial charge in [-0.3, -0.25) is 0 Å². The molecule has 2 aromatic carbocycles. The van der Waals surface area contributed by atoms with Crippen LogP contribution >= 0.6 is 18.6 Å². The zero-order chi connectivity index (χ0) is 20.7. The molecule has 1 aliphatic carbocycles. The number of nitrogens with zero attached hydrogens (tertiary/aromatic N) is 1. The average molecular weight is 482 g/mol. The molecular weight excluding hydrogens is 455 g/mol. The van der Waals surface area contributed by atoms with Crippen molar-refractivity contribution in [3.05, 3.63) is 77.4 Å². The average Bonchev–Trinajstić information content (AvgIpc) is 3.36. The van der Waals surface area contributed by atoms with E-state index in [9.17, 15) is 4.79 Å². The minimum absolute atomic E-state index is 0.110. The summed E-state index contributed by atoms with van der Waals surface area (Å²) >= 11 is -4.47. The normalized spacial score (nSPS) is 20.2. The van der Waals surface area contributed by atoms with Crippen LogP contribution in [-0.2, 0) is 12.7 Å². The van der Waals surface area contributed by atoms with E-state index in [1.807, 2.05) is 36.4 Å². The van der Waals surface area contributed by atoms with Gasteiger partial charge in [0.2, 0.25) is 0 Å². The second-order valence-electron chi connectivity index (χ2n) is 8.44. The summed E-state index contributed by atoms with van der Waals surface area (Å²) in [7, 11) is 15.0. The molecule has 0 radical (unpaired) electrons. The third-order valence-corrected chi connectivity index (χ3v) is 37.6. The van der Waals surface area contributed by atoms with Gasteiger partial charge >= 0.3 is 184 Å². The van der Waals surface area contributed by atoms with E-state index in [1.54, 1.807) is 0 Å². The molecule has 153 valence electrons. The molecule has 0 saturated carbocycles. The van der Waals surface area contributed by atoms with Crippen LogP contribution in [0, 0.1) is 0 Å². The molecule has 4 rings (SSSR count). The SMILES string of the molecule is C[SiH](C)[Ti]([Cl])([Cl])([NH]C(=O)c1ccccc1)[CH]1C=C(N2CCCC2)c2ccccc21. The number of fused-ring (bicyclic) bond motifs is 1. The van der Waals surface area contributed by atoms with Gasteiger partial charge in [0.25, 0.3) is 0 Å². The summed E-state index contributed by atoms with van der Waals surface area (Å²) in [4.78, 5) is 15.6. The zero-order valence-electron chi connectivity index (χ0n) is 16.9. The molecule has 0 aromatic heterocycles. The van der Waals surface area contributed by atoms with Crippen LogP contribution in [-0.4, -0.2) is 30.6 Å². The number of hydrogen-bond acceptors (Lipinski definition) is 2. The molecule has 1 aliphatic heterocycles. The topological polar surface area (TPSA) is 32.3 Å². The first-order chi connectivity index (χ1) is 13.8. The second kappa shape index (κ2) is 7.90. The van der Waals surface area contributed by atoms with Crippen molar-refractivity contribution in [2.24, 2.45) is 0 Å².